The molecular weight excluding hydrogens is 488 g/mol. The Hall–Kier alpha value is -2.68. The monoisotopic (exact) mass is 513 g/mol. The van der Waals surface area contributed by atoms with E-state index in [4.69, 9.17) is 32.8 Å². The SMILES string of the molecule is C=O.C=O.CCSc1cccc(Cl)c1C.CNC(=O)c1cn(-c2cc(F)cc(Cl)c2)c(C)n1. The van der Waals surface area contributed by atoms with E-state index in [-0.39, 0.29) is 11.6 Å². The number of rotatable bonds is 4. The normalized spacial score (nSPS) is 9.30. The molecule has 6 nitrogen and oxygen atoms in total. The van der Waals surface area contributed by atoms with Gasteiger partial charge in [-0.25, -0.2) is 9.37 Å². The molecular formula is C23H26Cl2FN3O3S. The number of carbonyl (C=O) groups is 3. The number of nitrogens with one attached hydrogen (secondary N) is 1. The lowest BCUT2D eigenvalue weighted by molar-refractivity contribution is -0.0987. The minimum absolute atomic E-state index is 0.274. The molecule has 0 atom stereocenters. The fourth-order valence-corrected chi connectivity index (χ4v) is 3.81. The number of benzene rings is 2. The van der Waals surface area contributed by atoms with E-state index in [1.807, 2.05) is 37.5 Å². The average Bonchev–Trinajstić information content (AvgIpc) is 3.21. The van der Waals surface area contributed by atoms with E-state index in [9.17, 15) is 9.18 Å². The summed E-state index contributed by atoms with van der Waals surface area (Å²) in [6.07, 6.45) is 1.54. The van der Waals surface area contributed by atoms with Gasteiger partial charge in [0.2, 0.25) is 0 Å². The molecule has 0 aliphatic rings. The Bertz CT molecular complexity index is 1030. The molecule has 1 heterocycles. The van der Waals surface area contributed by atoms with Gasteiger partial charge in [-0.1, -0.05) is 36.2 Å². The maximum Gasteiger partial charge on any atom is 0.271 e. The Morgan fingerprint density at radius 3 is 2.33 bits per heavy atom. The largest absolute Gasteiger partial charge is 0.354 e. The highest BCUT2D eigenvalue weighted by molar-refractivity contribution is 7.99. The van der Waals surface area contributed by atoms with Crippen LogP contribution in [-0.2, 0) is 9.59 Å². The standard InChI is InChI=1S/C12H11ClFN3O.C9H11ClS.2CH2O/c1-7-16-11(12(18)15-2)6-17(7)10-4-8(13)3-9(14)5-10;1-3-11-9-6-4-5-8(10)7(9)2;2*1-2/h3-6H,1-2H3,(H,15,18);4-6H,3H2,1-2H3;2*1H2. The molecule has 33 heavy (non-hydrogen) atoms. The number of hydrogen-bond donors (Lipinski definition) is 1. The Morgan fingerprint density at radius 1 is 1.15 bits per heavy atom. The Balaban J connectivity index is 0.000000586. The van der Waals surface area contributed by atoms with Crippen LogP contribution in [0.15, 0.2) is 47.5 Å². The van der Waals surface area contributed by atoms with Crippen molar-refractivity contribution in [2.24, 2.45) is 0 Å². The van der Waals surface area contributed by atoms with E-state index in [1.54, 1.807) is 23.8 Å². The molecule has 10 heteroatoms. The van der Waals surface area contributed by atoms with Gasteiger partial charge in [-0.3, -0.25) is 4.79 Å². The molecule has 1 N–H and O–H groups in total. The van der Waals surface area contributed by atoms with Gasteiger partial charge in [0.05, 0.1) is 5.69 Å². The summed E-state index contributed by atoms with van der Waals surface area (Å²) in [5, 5.41) is 3.64. The zero-order chi connectivity index (χ0) is 25.6. The van der Waals surface area contributed by atoms with Gasteiger partial charge in [0.15, 0.2) is 0 Å². The van der Waals surface area contributed by atoms with E-state index in [0.717, 1.165) is 10.8 Å². The highest BCUT2D eigenvalue weighted by Gasteiger charge is 2.12. The predicted octanol–water partition coefficient (Wildman–Crippen LogP) is 5.72. The summed E-state index contributed by atoms with van der Waals surface area (Å²) in [6, 6.07) is 10.2. The Labute approximate surface area is 207 Å². The average molecular weight is 514 g/mol. The molecule has 1 aromatic heterocycles. The van der Waals surface area contributed by atoms with Crippen molar-refractivity contribution in [1.82, 2.24) is 14.9 Å². The zero-order valence-electron chi connectivity index (χ0n) is 18.8. The van der Waals surface area contributed by atoms with E-state index < -0.39 is 5.82 Å². The first-order valence-electron chi connectivity index (χ1n) is 9.47. The molecule has 0 saturated heterocycles. The fourth-order valence-electron chi connectivity index (χ4n) is 2.55. The molecule has 0 saturated carbocycles. The fraction of sp³-hybridized carbons (Fsp3) is 0.217. The van der Waals surface area contributed by atoms with Crippen molar-refractivity contribution in [1.29, 1.82) is 0 Å². The zero-order valence-corrected chi connectivity index (χ0v) is 21.2. The Kier molecular flexibility index (Phi) is 14.7. The van der Waals surface area contributed by atoms with Crippen LogP contribution in [0.5, 0.6) is 0 Å². The first-order chi connectivity index (χ1) is 15.8. The van der Waals surface area contributed by atoms with Crippen LogP contribution in [0.25, 0.3) is 5.69 Å². The van der Waals surface area contributed by atoms with Crippen molar-refractivity contribution in [3.63, 3.8) is 0 Å². The summed E-state index contributed by atoms with van der Waals surface area (Å²) in [6.45, 7) is 9.93. The first kappa shape index (κ1) is 30.3. The first-order valence-corrected chi connectivity index (χ1v) is 11.2. The second-order valence-electron chi connectivity index (χ2n) is 6.05. The van der Waals surface area contributed by atoms with E-state index >= 15 is 0 Å². The molecule has 0 spiro atoms. The van der Waals surface area contributed by atoms with Crippen LogP contribution in [0.3, 0.4) is 0 Å². The quantitative estimate of drug-likeness (QED) is 0.451. The number of imidazole rings is 1. The number of amides is 1. The third-order valence-electron chi connectivity index (χ3n) is 3.99. The van der Waals surface area contributed by atoms with Gasteiger partial charge in [-0.2, -0.15) is 0 Å². The van der Waals surface area contributed by atoms with Gasteiger partial charge >= 0.3 is 0 Å². The van der Waals surface area contributed by atoms with Crippen LogP contribution < -0.4 is 5.32 Å². The number of nitrogens with zero attached hydrogens (tertiary/aromatic N) is 2. The van der Waals surface area contributed by atoms with Crippen LogP contribution >= 0.6 is 35.0 Å². The van der Waals surface area contributed by atoms with Gasteiger partial charge in [0.1, 0.15) is 30.9 Å². The van der Waals surface area contributed by atoms with E-state index in [2.05, 4.69) is 30.2 Å². The highest BCUT2D eigenvalue weighted by atomic mass is 35.5. The third-order valence-corrected chi connectivity index (χ3v) is 5.65. The summed E-state index contributed by atoms with van der Waals surface area (Å²) >= 11 is 13.6. The van der Waals surface area contributed by atoms with E-state index in [1.165, 1.54) is 29.6 Å². The Morgan fingerprint density at radius 2 is 1.79 bits per heavy atom. The molecule has 0 fully saturated rings. The lowest BCUT2D eigenvalue weighted by Crippen LogP contribution is -2.18. The van der Waals surface area contributed by atoms with Gasteiger partial charge in [-0.05, 0) is 55.5 Å². The van der Waals surface area contributed by atoms with Crippen molar-refractivity contribution in [2.45, 2.75) is 25.7 Å². The van der Waals surface area contributed by atoms with Crippen LogP contribution in [0.2, 0.25) is 10.0 Å². The van der Waals surface area contributed by atoms with Gasteiger partial charge in [0.25, 0.3) is 5.91 Å². The number of halogens is 3. The molecule has 3 aromatic rings. The van der Waals surface area contributed by atoms with Crippen LogP contribution in [0.1, 0.15) is 28.8 Å². The number of aryl methyl sites for hydroxylation is 1. The van der Waals surface area contributed by atoms with Crippen molar-refractivity contribution < 1.29 is 18.8 Å². The maximum atomic E-state index is 13.3. The molecule has 1 amide bonds. The number of aromatic nitrogens is 2. The molecule has 0 unspecified atom stereocenters. The van der Waals surface area contributed by atoms with Gasteiger partial charge < -0.3 is 19.5 Å². The van der Waals surface area contributed by atoms with Crippen LogP contribution in [0.4, 0.5) is 4.39 Å². The van der Waals surface area contributed by atoms with Gasteiger partial charge in [0, 0.05) is 28.2 Å². The topological polar surface area (TPSA) is 81.1 Å². The smallest absolute Gasteiger partial charge is 0.271 e. The minimum atomic E-state index is -0.438. The summed E-state index contributed by atoms with van der Waals surface area (Å²) in [5.41, 5.74) is 2.00. The van der Waals surface area contributed by atoms with Crippen molar-refractivity contribution in [2.75, 3.05) is 12.8 Å². The second kappa shape index (κ2) is 16.0. The van der Waals surface area contributed by atoms with Crippen molar-refractivity contribution >= 4 is 54.4 Å². The summed E-state index contributed by atoms with van der Waals surface area (Å²) in [5.74, 6) is 0.947. The lowest BCUT2D eigenvalue weighted by Gasteiger charge is -2.05. The molecule has 0 aliphatic heterocycles. The lowest BCUT2D eigenvalue weighted by atomic mass is 10.2. The number of carbonyl (C=O) groups excluding carboxylic acids is 3. The maximum absolute atomic E-state index is 13.3. The van der Waals surface area contributed by atoms with Crippen molar-refractivity contribution in [3.05, 3.63) is 75.5 Å². The second-order valence-corrected chi connectivity index (χ2v) is 8.20. The van der Waals surface area contributed by atoms with Gasteiger partial charge in [-0.15, -0.1) is 11.8 Å². The number of hydrogen-bond acceptors (Lipinski definition) is 5. The molecule has 0 aliphatic carbocycles. The molecule has 178 valence electrons. The van der Waals surface area contributed by atoms with Crippen molar-refractivity contribution in [3.8, 4) is 5.69 Å². The van der Waals surface area contributed by atoms with Crippen LogP contribution in [-0.4, -0.2) is 41.8 Å². The third kappa shape index (κ3) is 9.37. The summed E-state index contributed by atoms with van der Waals surface area (Å²) < 4.78 is 14.9. The number of thioether (sulfide) groups is 1. The van der Waals surface area contributed by atoms with E-state index in [0.29, 0.717) is 16.5 Å². The summed E-state index contributed by atoms with van der Waals surface area (Å²) in [4.78, 5) is 32.9. The highest BCUT2D eigenvalue weighted by Crippen LogP contribution is 2.27. The molecule has 3 rings (SSSR count). The molecule has 0 radical (unpaired) electrons. The predicted molar refractivity (Wildman–Crippen MR) is 133 cm³/mol. The minimum Gasteiger partial charge on any atom is -0.354 e. The molecule has 2 aromatic carbocycles. The molecule has 0 bridgehead atoms. The summed E-state index contributed by atoms with van der Waals surface area (Å²) in [7, 11) is 1.52. The van der Waals surface area contributed by atoms with Crippen LogP contribution in [0, 0.1) is 19.7 Å².